The van der Waals surface area contributed by atoms with Gasteiger partial charge in [0.15, 0.2) is 5.76 Å². The van der Waals surface area contributed by atoms with Crippen molar-refractivity contribution in [2.45, 2.75) is 33.6 Å². The zero-order valence-corrected chi connectivity index (χ0v) is 13.8. The van der Waals surface area contributed by atoms with E-state index in [2.05, 4.69) is 13.8 Å². The maximum atomic E-state index is 12.4. The van der Waals surface area contributed by atoms with Crippen molar-refractivity contribution in [1.29, 1.82) is 0 Å². The highest BCUT2D eigenvalue weighted by molar-refractivity contribution is 6.34. The van der Waals surface area contributed by atoms with Gasteiger partial charge in [0.25, 0.3) is 11.8 Å². The zero-order valence-electron chi connectivity index (χ0n) is 13.8. The normalized spacial score (nSPS) is 15.0. The van der Waals surface area contributed by atoms with Gasteiger partial charge in [-0.05, 0) is 30.0 Å². The van der Waals surface area contributed by atoms with Crippen LogP contribution in [0.2, 0.25) is 0 Å². The highest BCUT2D eigenvalue weighted by Gasteiger charge is 2.38. The van der Waals surface area contributed by atoms with Crippen molar-refractivity contribution >= 4 is 17.4 Å². The van der Waals surface area contributed by atoms with Crippen LogP contribution in [0.5, 0.6) is 5.75 Å². The second-order valence-electron chi connectivity index (χ2n) is 6.07. The summed E-state index contributed by atoms with van der Waals surface area (Å²) >= 11 is 0. The van der Waals surface area contributed by atoms with Gasteiger partial charge in [0.1, 0.15) is 5.75 Å². The second-order valence-corrected chi connectivity index (χ2v) is 6.07. The van der Waals surface area contributed by atoms with E-state index < -0.39 is 17.6 Å². The number of nitrogens with zero attached hydrogens (tertiary/aromatic N) is 1. The van der Waals surface area contributed by atoms with E-state index in [0.717, 1.165) is 17.7 Å². The van der Waals surface area contributed by atoms with Crippen molar-refractivity contribution in [2.24, 2.45) is 5.92 Å². The fourth-order valence-corrected chi connectivity index (χ4v) is 2.32. The van der Waals surface area contributed by atoms with Crippen molar-refractivity contribution in [1.82, 2.24) is 4.90 Å². The average Bonchev–Trinajstić information content (AvgIpc) is 2.74. The molecule has 23 heavy (non-hydrogen) atoms. The summed E-state index contributed by atoms with van der Waals surface area (Å²) in [5.41, 5.74) is 0.596. The number of unbranched alkanes of at least 4 members (excludes halogenated alkanes) is 1. The summed E-state index contributed by atoms with van der Waals surface area (Å²) in [6.07, 6.45) is 1.59. The number of carbonyl (C=O) groups is 2. The molecule has 0 radical (unpaired) electrons. The molecule has 0 aliphatic carbocycles. The monoisotopic (exact) mass is 317 g/mol. The van der Waals surface area contributed by atoms with Crippen LogP contribution in [0.1, 0.15) is 39.2 Å². The second kappa shape index (κ2) is 7.31. The largest absolute Gasteiger partial charge is 0.502 e. The standard InChI is InChI=1S/C18H23NO4/c1-4-5-10-19-17(21)15(16(20)18(19)22)13-6-8-14(9-7-13)23-11-12(2)3/h6-9,12,20H,4-5,10-11H2,1-3H3. The minimum absolute atomic E-state index is 0.0708. The number of aliphatic hydroxyl groups excluding tert-OH is 1. The van der Waals surface area contributed by atoms with Gasteiger partial charge in [0.05, 0.1) is 12.2 Å². The van der Waals surface area contributed by atoms with E-state index in [9.17, 15) is 14.7 Å². The molecule has 0 aromatic heterocycles. The van der Waals surface area contributed by atoms with E-state index >= 15 is 0 Å². The van der Waals surface area contributed by atoms with Crippen LogP contribution in [0, 0.1) is 5.92 Å². The predicted molar refractivity (Wildman–Crippen MR) is 88.0 cm³/mol. The van der Waals surface area contributed by atoms with E-state index in [4.69, 9.17) is 4.74 Å². The Morgan fingerprint density at radius 1 is 1.13 bits per heavy atom. The maximum Gasteiger partial charge on any atom is 0.296 e. The number of hydrogen-bond donors (Lipinski definition) is 1. The molecule has 1 heterocycles. The summed E-state index contributed by atoms with van der Waals surface area (Å²) in [6.45, 7) is 7.04. The first-order valence-corrected chi connectivity index (χ1v) is 7.98. The molecule has 1 aliphatic rings. The number of carbonyl (C=O) groups excluding carboxylic acids is 2. The first-order chi connectivity index (χ1) is 11.0. The van der Waals surface area contributed by atoms with Crippen LogP contribution in [-0.2, 0) is 9.59 Å². The fourth-order valence-electron chi connectivity index (χ4n) is 2.32. The summed E-state index contributed by atoms with van der Waals surface area (Å²) in [4.78, 5) is 25.5. The quantitative estimate of drug-likeness (QED) is 0.784. The molecule has 0 bridgehead atoms. The van der Waals surface area contributed by atoms with E-state index in [-0.39, 0.29) is 5.57 Å². The highest BCUT2D eigenvalue weighted by Crippen LogP contribution is 2.29. The Morgan fingerprint density at radius 2 is 1.78 bits per heavy atom. The van der Waals surface area contributed by atoms with Crippen LogP contribution in [-0.4, -0.2) is 35.0 Å². The van der Waals surface area contributed by atoms with Crippen LogP contribution in [0.4, 0.5) is 0 Å². The average molecular weight is 317 g/mol. The molecule has 2 rings (SSSR count). The van der Waals surface area contributed by atoms with Gasteiger partial charge in [-0.15, -0.1) is 0 Å². The molecule has 124 valence electrons. The molecule has 0 saturated carbocycles. The van der Waals surface area contributed by atoms with Gasteiger partial charge < -0.3 is 9.84 Å². The van der Waals surface area contributed by atoms with E-state index in [1.165, 1.54) is 0 Å². The topological polar surface area (TPSA) is 66.8 Å². The third kappa shape index (κ3) is 3.73. The SMILES string of the molecule is CCCCN1C(=O)C(O)=C(c2ccc(OCC(C)C)cc2)C1=O. The van der Waals surface area contributed by atoms with Crippen molar-refractivity contribution in [3.63, 3.8) is 0 Å². The number of aliphatic hydroxyl groups is 1. The van der Waals surface area contributed by atoms with Gasteiger partial charge in [-0.1, -0.05) is 39.3 Å². The molecule has 0 unspecified atom stereocenters. The van der Waals surface area contributed by atoms with Gasteiger partial charge in [0, 0.05) is 6.54 Å². The summed E-state index contributed by atoms with van der Waals surface area (Å²) in [5.74, 6) is -0.401. The molecule has 1 aromatic rings. The fraction of sp³-hybridized carbons (Fsp3) is 0.444. The summed E-state index contributed by atoms with van der Waals surface area (Å²) < 4.78 is 5.59. The molecule has 1 N–H and O–H groups in total. The van der Waals surface area contributed by atoms with Crippen molar-refractivity contribution in [2.75, 3.05) is 13.2 Å². The lowest BCUT2D eigenvalue weighted by molar-refractivity contribution is -0.138. The smallest absolute Gasteiger partial charge is 0.296 e. The molecule has 0 fully saturated rings. The lowest BCUT2D eigenvalue weighted by Crippen LogP contribution is -2.32. The summed E-state index contributed by atoms with van der Waals surface area (Å²) in [6, 6.07) is 6.86. The maximum absolute atomic E-state index is 12.4. The Labute approximate surface area is 136 Å². The first kappa shape index (κ1) is 17.1. The molecule has 0 atom stereocenters. The molecule has 5 nitrogen and oxygen atoms in total. The van der Waals surface area contributed by atoms with Crippen LogP contribution in [0.3, 0.4) is 0 Å². The predicted octanol–water partition coefficient (Wildman–Crippen LogP) is 3.16. The molecule has 0 saturated heterocycles. The van der Waals surface area contributed by atoms with E-state index in [0.29, 0.717) is 30.4 Å². The Balaban J connectivity index is 2.17. The van der Waals surface area contributed by atoms with Crippen LogP contribution in [0.25, 0.3) is 5.57 Å². The number of imide groups is 1. The first-order valence-electron chi connectivity index (χ1n) is 7.98. The minimum Gasteiger partial charge on any atom is -0.502 e. The zero-order chi connectivity index (χ0) is 17.0. The Kier molecular flexibility index (Phi) is 5.42. The van der Waals surface area contributed by atoms with Crippen molar-refractivity contribution < 1.29 is 19.4 Å². The number of benzene rings is 1. The Hall–Kier alpha value is -2.30. The Morgan fingerprint density at radius 3 is 2.35 bits per heavy atom. The van der Waals surface area contributed by atoms with Crippen molar-refractivity contribution in [3.8, 4) is 5.75 Å². The van der Waals surface area contributed by atoms with Crippen LogP contribution < -0.4 is 4.74 Å². The summed E-state index contributed by atoms with van der Waals surface area (Å²) in [5, 5.41) is 10.0. The summed E-state index contributed by atoms with van der Waals surface area (Å²) in [7, 11) is 0. The van der Waals surface area contributed by atoms with E-state index in [1.54, 1.807) is 24.3 Å². The van der Waals surface area contributed by atoms with Gasteiger partial charge >= 0.3 is 0 Å². The molecule has 0 spiro atoms. The third-order valence-electron chi connectivity index (χ3n) is 3.61. The van der Waals surface area contributed by atoms with Gasteiger partial charge in [0.2, 0.25) is 0 Å². The lowest BCUT2D eigenvalue weighted by Gasteiger charge is -2.13. The molecule has 5 heteroatoms. The number of amides is 2. The van der Waals surface area contributed by atoms with E-state index in [1.807, 2.05) is 6.92 Å². The van der Waals surface area contributed by atoms with Crippen molar-refractivity contribution in [3.05, 3.63) is 35.6 Å². The third-order valence-corrected chi connectivity index (χ3v) is 3.61. The van der Waals surface area contributed by atoms with Gasteiger partial charge in [-0.25, -0.2) is 0 Å². The molecular weight excluding hydrogens is 294 g/mol. The lowest BCUT2D eigenvalue weighted by atomic mass is 10.1. The Bertz CT molecular complexity index is 616. The van der Waals surface area contributed by atoms with Crippen LogP contribution >= 0.6 is 0 Å². The number of rotatable bonds is 7. The highest BCUT2D eigenvalue weighted by atomic mass is 16.5. The van der Waals surface area contributed by atoms with Gasteiger partial charge in [-0.3, -0.25) is 14.5 Å². The number of hydrogen-bond acceptors (Lipinski definition) is 4. The molecule has 1 aliphatic heterocycles. The molecule has 2 amide bonds. The molecular formula is C18H23NO4. The minimum atomic E-state index is -0.612. The molecule has 1 aromatic carbocycles. The van der Waals surface area contributed by atoms with Gasteiger partial charge in [-0.2, -0.15) is 0 Å². The number of ether oxygens (including phenoxy) is 1. The van der Waals surface area contributed by atoms with Crippen LogP contribution in [0.15, 0.2) is 30.0 Å².